The molecule has 0 bridgehead atoms. The van der Waals surface area contributed by atoms with Gasteiger partial charge in [-0.3, -0.25) is 9.78 Å². The van der Waals surface area contributed by atoms with Crippen molar-refractivity contribution >= 4 is 5.91 Å². The Bertz CT molecular complexity index is 751. The topological polar surface area (TPSA) is 95.1 Å². The zero-order valence-electron chi connectivity index (χ0n) is 14.3. The largest absolute Gasteiger partial charge is 0.369 e. The highest BCUT2D eigenvalue weighted by Crippen LogP contribution is 2.21. The summed E-state index contributed by atoms with van der Waals surface area (Å²) in [4.78, 5) is 16.1. The minimum Gasteiger partial charge on any atom is -0.369 e. The Morgan fingerprint density at radius 3 is 2.88 bits per heavy atom. The number of primary amides is 1. The average Bonchev–Trinajstić information content (AvgIpc) is 2.92. The average molecular weight is 347 g/mol. The van der Waals surface area contributed by atoms with Crippen LogP contribution < -0.4 is 11.1 Å². The molecule has 2 aromatic heterocycles. The molecule has 0 saturated carbocycles. The van der Waals surface area contributed by atoms with Crippen LogP contribution in [0.4, 0.5) is 4.39 Å². The summed E-state index contributed by atoms with van der Waals surface area (Å²) in [7, 11) is 0. The van der Waals surface area contributed by atoms with Gasteiger partial charge in [-0.15, -0.1) is 0 Å². The lowest BCUT2D eigenvalue weighted by atomic mass is 10.1. The smallest absolute Gasteiger partial charge is 0.270 e. The lowest BCUT2D eigenvalue weighted by Gasteiger charge is -2.23. The first-order valence-electron chi connectivity index (χ1n) is 8.33. The molecule has 1 aliphatic heterocycles. The Morgan fingerprint density at radius 2 is 2.32 bits per heavy atom. The fourth-order valence-corrected chi connectivity index (χ4v) is 2.83. The lowest BCUT2D eigenvalue weighted by molar-refractivity contribution is 0.0250. The molecule has 1 saturated heterocycles. The van der Waals surface area contributed by atoms with Crippen molar-refractivity contribution in [3.05, 3.63) is 41.2 Å². The first kappa shape index (κ1) is 17.5. The van der Waals surface area contributed by atoms with Gasteiger partial charge in [-0.05, 0) is 24.5 Å². The van der Waals surface area contributed by atoms with Crippen molar-refractivity contribution in [3.8, 4) is 5.69 Å². The van der Waals surface area contributed by atoms with Crippen LogP contribution in [0.15, 0.2) is 18.3 Å². The number of rotatable bonds is 5. The highest BCUT2D eigenvalue weighted by Gasteiger charge is 2.24. The molecular weight excluding hydrogens is 325 g/mol. The van der Waals surface area contributed by atoms with E-state index in [-0.39, 0.29) is 23.4 Å². The highest BCUT2D eigenvalue weighted by atomic mass is 19.1. The van der Waals surface area contributed by atoms with E-state index in [0.717, 1.165) is 12.2 Å². The first-order chi connectivity index (χ1) is 12.0. The molecule has 3 heterocycles. The van der Waals surface area contributed by atoms with E-state index in [2.05, 4.69) is 15.4 Å². The number of halogens is 1. The van der Waals surface area contributed by atoms with Crippen LogP contribution in [0.1, 0.15) is 41.8 Å². The first-order valence-corrected chi connectivity index (χ1v) is 8.33. The molecule has 7 nitrogen and oxygen atoms in total. The number of hydrogen-bond donors (Lipinski definition) is 2. The number of carbonyl (C=O) groups is 1. The van der Waals surface area contributed by atoms with Gasteiger partial charge >= 0.3 is 0 Å². The Hall–Kier alpha value is -2.32. The van der Waals surface area contributed by atoms with Gasteiger partial charge in [0, 0.05) is 13.1 Å². The Balaban J connectivity index is 1.93. The van der Waals surface area contributed by atoms with Gasteiger partial charge in [-0.25, -0.2) is 9.07 Å². The summed E-state index contributed by atoms with van der Waals surface area (Å²) in [5.74, 6) is -1.32. The SMILES string of the molecule is CC(C)Cc1nn(-c2ccc([C@H]3CNCCO3)nc2)c(C(N)=O)c1F. The van der Waals surface area contributed by atoms with Crippen LogP contribution in [0, 0.1) is 11.7 Å². The van der Waals surface area contributed by atoms with Gasteiger partial charge in [0.05, 0.1) is 29.9 Å². The summed E-state index contributed by atoms with van der Waals surface area (Å²) in [6, 6.07) is 3.53. The molecule has 8 heteroatoms. The second kappa shape index (κ2) is 7.28. The predicted molar refractivity (Wildman–Crippen MR) is 89.9 cm³/mol. The van der Waals surface area contributed by atoms with Gasteiger partial charge in [-0.2, -0.15) is 5.10 Å². The van der Waals surface area contributed by atoms with Crippen molar-refractivity contribution in [2.45, 2.75) is 26.4 Å². The normalized spacial score (nSPS) is 17.8. The molecule has 134 valence electrons. The molecule has 3 N–H and O–H groups in total. The number of hydrogen-bond acceptors (Lipinski definition) is 5. The standard InChI is InChI=1S/C17H22FN5O2/c1-10(2)7-13-15(18)16(17(19)24)23(22-13)11-3-4-12(21-8-11)14-9-20-5-6-25-14/h3-4,8,10,14,20H,5-7,9H2,1-2H3,(H2,19,24)/t14-/m1/s1. The zero-order chi connectivity index (χ0) is 18.0. The van der Waals surface area contributed by atoms with Crippen molar-refractivity contribution in [2.24, 2.45) is 11.7 Å². The Labute approximate surface area is 145 Å². The van der Waals surface area contributed by atoms with E-state index in [9.17, 15) is 9.18 Å². The Morgan fingerprint density at radius 1 is 1.52 bits per heavy atom. The number of morpholine rings is 1. The molecule has 0 unspecified atom stereocenters. The van der Waals surface area contributed by atoms with Gasteiger partial charge in [0.1, 0.15) is 6.10 Å². The number of nitrogens with one attached hydrogen (secondary N) is 1. The van der Waals surface area contributed by atoms with E-state index in [4.69, 9.17) is 10.5 Å². The van der Waals surface area contributed by atoms with Crippen molar-refractivity contribution in [1.29, 1.82) is 0 Å². The maximum Gasteiger partial charge on any atom is 0.270 e. The number of carbonyl (C=O) groups excluding carboxylic acids is 1. The summed E-state index contributed by atoms with van der Waals surface area (Å²) in [5.41, 5.74) is 6.59. The van der Waals surface area contributed by atoms with E-state index < -0.39 is 11.7 Å². The molecule has 25 heavy (non-hydrogen) atoms. The van der Waals surface area contributed by atoms with Gasteiger partial charge in [0.15, 0.2) is 11.5 Å². The molecule has 1 aliphatic rings. The van der Waals surface area contributed by atoms with Crippen LogP contribution in [0.2, 0.25) is 0 Å². The number of aromatic nitrogens is 3. The fourth-order valence-electron chi connectivity index (χ4n) is 2.83. The van der Waals surface area contributed by atoms with Gasteiger partial charge in [0.25, 0.3) is 5.91 Å². The lowest BCUT2D eigenvalue weighted by Crippen LogP contribution is -2.33. The molecule has 1 atom stereocenters. The number of nitrogens with zero attached hydrogens (tertiary/aromatic N) is 3. The molecule has 0 spiro atoms. The van der Waals surface area contributed by atoms with Crippen molar-refractivity contribution in [2.75, 3.05) is 19.7 Å². The van der Waals surface area contributed by atoms with Crippen molar-refractivity contribution in [1.82, 2.24) is 20.1 Å². The van der Waals surface area contributed by atoms with E-state index in [1.807, 2.05) is 13.8 Å². The van der Waals surface area contributed by atoms with E-state index in [0.29, 0.717) is 25.3 Å². The van der Waals surface area contributed by atoms with Gasteiger partial charge in [0.2, 0.25) is 0 Å². The van der Waals surface area contributed by atoms with Crippen molar-refractivity contribution in [3.63, 3.8) is 0 Å². The molecule has 0 radical (unpaired) electrons. The van der Waals surface area contributed by atoms with Crippen LogP contribution >= 0.6 is 0 Å². The van der Waals surface area contributed by atoms with Crippen LogP contribution in [-0.4, -0.2) is 40.4 Å². The molecular formula is C17H22FN5O2. The third kappa shape index (κ3) is 3.69. The number of pyridine rings is 1. The zero-order valence-corrected chi connectivity index (χ0v) is 14.3. The summed E-state index contributed by atoms with van der Waals surface area (Å²) >= 11 is 0. The maximum absolute atomic E-state index is 14.5. The molecule has 1 amide bonds. The summed E-state index contributed by atoms with van der Waals surface area (Å²) < 4.78 is 21.4. The predicted octanol–water partition coefficient (Wildman–Crippen LogP) is 1.36. The monoisotopic (exact) mass is 347 g/mol. The van der Waals surface area contributed by atoms with Crippen molar-refractivity contribution < 1.29 is 13.9 Å². The molecule has 3 rings (SSSR count). The highest BCUT2D eigenvalue weighted by molar-refractivity contribution is 5.92. The van der Waals surface area contributed by atoms with Gasteiger partial charge in [-0.1, -0.05) is 13.8 Å². The molecule has 0 aliphatic carbocycles. The second-order valence-electron chi connectivity index (χ2n) is 6.49. The minimum absolute atomic E-state index is 0.121. The summed E-state index contributed by atoms with van der Waals surface area (Å²) in [6.45, 7) is 6.05. The van der Waals surface area contributed by atoms with E-state index in [1.165, 1.54) is 4.68 Å². The number of amides is 1. The van der Waals surface area contributed by atoms with Gasteiger partial charge < -0.3 is 15.8 Å². The van der Waals surface area contributed by atoms with E-state index in [1.54, 1.807) is 18.3 Å². The minimum atomic E-state index is -0.858. The second-order valence-corrected chi connectivity index (χ2v) is 6.49. The van der Waals surface area contributed by atoms with Crippen LogP contribution in [-0.2, 0) is 11.2 Å². The van der Waals surface area contributed by atoms with Crippen LogP contribution in [0.3, 0.4) is 0 Å². The third-order valence-electron chi connectivity index (χ3n) is 4.00. The fraction of sp³-hybridized carbons (Fsp3) is 0.471. The summed E-state index contributed by atoms with van der Waals surface area (Å²) in [6.07, 6.45) is 1.85. The quantitative estimate of drug-likeness (QED) is 0.852. The van der Waals surface area contributed by atoms with E-state index >= 15 is 0 Å². The molecule has 2 aromatic rings. The van der Waals surface area contributed by atoms with Crippen LogP contribution in [0.5, 0.6) is 0 Å². The summed E-state index contributed by atoms with van der Waals surface area (Å²) in [5, 5.41) is 7.48. The molecule has 1 fully saturated rings. The number of nitrogens with two attached hydrogens (primary N) is 1. The van der Waals surface area contributed by atoms with Crippen LogP contribution in [0.25, 0.3) is 5.69 Å². The number of ether oxygens (including phenoxy) is 1. The molecule has 0 aromatic carbocycles. The maximum atomic E-state index is 14.5. The Kier molecular flexibility index (Phi) is 5.10. The third-order valence-corrected chi connectivity index (χ3v) is 4.00.